The van der Waals surface area contributed by atoms with Gasteiger partial charge < -0.3 is 14.5 Å². The number of carbonyl (C=O) groups is 1. The highest BCUT2D eigenvalue weighted by atomic mass is 32.2. The number of piperidine rings is 1. The summed E-state index contributed by atoms with van der Waals surface area (Å²) in [6, 6.07) is 11.8. The average Bonchev–Trinajstić information content (AvgIpc) is 3.02. The lowest BCUT2D eigenvalue weighted by Crippen LogP contribution is -2.46. The van der Waals surface area contributed by atoms with Gasteiger partial charge in [-0.1, -0.05) is 30.5 Å². The zero-order valence-corrected chi connectivity index (χ0v) is 19.7. The molecule has 3 aliphatic rings. The van der Waals surface area contributed by atoms with Crippen LogP contribution in [-0.2, 0) is 10.9 Å². The molecule has 180 valence electrons. The Kier molecular flexibility index (Phi) is 5.80. The minimum Gasteiger partial charge on any atom is -0.436 e. The summed E-state index contributed by atoms with van der Waals surface area (Å²) in [5.74, 6) is 0. The molecule has 9 heteroatoms. The summed E-state index contributed by atoms with van der Waals surface area (Å²) >= 11 is 1.51. The number of benzene rings is 2. The second-order valence-corrected chi connectivity index (χ2v) is 10.0. The van der Waals surface area contributed by atoms with Gasteiger partial charge in [0.2, 0.25) is 0 Å². The van der Waals surface area contributed by atoms with Crippen LogP contribution in [0.1, 0.15) is 24.8 Å². The number of fused-ring (bicyclic) bond motifs is 2. The molecule has 2 aromatic carbocycles. The molecule has 0 atom stereocenters. The van der Waals surface area contributed by atoms with Gasteiger partial charge in [0, 0.05) is 49.3 Å². The molecule has 5 rings (SSSR count). The molecule has 0 N–H and O–H groups in total. The van der Waals surface area contributed by atoms with E-state index < -0.39 is 17.3 Å². The first-order valence-corrected chi connectivity index (χ1v) is 12.1. The molecule has 0 bridgehead atoms. The van der Waals surface area contributed by atoms with E-state index >= 15 is 0 Å². The van der Waals surface area contributed by atoms with E-state index in [9.17, 15) is 18.0 Å². The Bertz CT molecular complexity index is 1130. The van der Waals surface area contributed by atoms with Gasteiger partial charge in [-0.05, 0) is 43.3 Å². The molecule has 0 unspecified atom stereocenters. The van der Waals surface area contributed by atoms with E-state index in [2.05, 4.69) is 11.5 Å². The Hall–Kier alpha value is -2.65. The quantitative estimate of drug-likeness (QED) is 0.517. The van der Waals surface area contributed by atoms with E-state index in [1.165, 1.54) is 22.7 Å². The smallest absolute Gasteiger partial charge is 0.416 e. The predicted octanol–water partition coefficient (Wildman–Crippen LogP) is 6.13. The van der Waals surface area contributed by atoms with E-state index in [4.69, 9.17) is 4.74 Å². The molecule has 3 heterocycles. The van der Waals surface area contributed by atoms with Crippen molar-refractivity contribution in [2.75, 3.05) is 38.1 Å². The standard InChI is InChI=1S/C25H26F3N3O2S/c1-17-24(33-23(32)29(17)2)10-14-30(15-11-24)12-5-13-31-19-6-3-4-7-21(19)34-22-9-8-18(16-20(22)31)25(26,27)28/h3-4,6-9,16H,1,5,10-15H2,2H3. The van der Waals surface area contributed by atoms with Crippen LogP contribution in [0.2, 0.25) is 0 Å². The van der Waals surface area contributed by atoms with Crippen molar-refractivity contribution in [3.63, 3.8) is 0 Å². The summed E-state index contributed by atoms with van der Waals surface area (Å²) < 4.78 is 45.9. The first kappa shape index (κ1) is 23.1. The van der Waals surface area contributed by atoms with E-state index in [0.717, 1.165) is 53.3 Å². The van der Waals surface area contributed by atoms with Gasteiger partial charge in [-0.25, -0.2) is 4.79 Å². The zero-order chi connectivity index (χ0) is 24.1. The van der Waals surface area contributed by atoms with Crippen molar-refractivity contribution in [3.8, 4) is 0 Å². The number of likely N-dealkylation sites (N-methyl/N-ethyl adjacent to an activating group) is 1. The predicted molar refractivity (Wildman–Crippen MR) is 125 cm³/mol. The summed E-state index contributed by atoms with van der Waals surface area (Å²) in [7, 11) is 1.68. The average molecular weight is 490 g/mol. The number of para-hydroxylation sites is 1. The molecular weight excluding hydrogens is 463 g/mol. The third kappa shape index (κ3) is 4.05. The number of carbonyl (C=O) groups excluding carboxylic acids is 1. The van der Waals surface area contributed by atoms with Gasteiger partial charge in [0.05, 0.1) is 22.6 Å². The number of hydrogen-bond donors (Lipinski definition) is 0. The van der Waals surface area contributed by atoms with Crippen LogP contribution in [-0.4, -0.2) is 54.7 Å². The van der Waals surface area contributed by atoms with Crippen LogP contribution in [0, 0.1) is 0 Å². The van der Waals surface area contributed by atoms with Gasteiger partial charge in [-0.15, -0.1) is 0 Å². The Balaban J connectivity index is 1.27. The van der Waals surface area contributed by atoms with Gasteiger partial charge in [0.1, 0.15) is 0 Å². The topological polar surface area (TPSA) is 36.0 Å². The Morgan fingerprint density at radius 2 is 1.76 bits per heavy atom. The largest absolute Gasteiger partial charge is 0.436 e. The lowest BCUT2D eigenvalue weighted by atomic mass is 9.88. The monoisotopic (exact) mass is 489 g/mol. The van der Waals surface area contributed by atoms with Crippen LogP contribution in [0.4, 0.5) is 29.3 Å². The van der Waals surface area contributed by atoms with Crippen LogP contribution in [0.25, 0.3) is 0 Å². The summed E-state index contributed by atoms with van der Waals surface area (Å²) in [5, 5.41) is 0. The molecule has 5 nitrogen and oxygen atoms in total. The first-order valence-electron chi connectivity index (χ1n) is 11.3. The zero-order valence-electron chi connectivity index (χ0n) is 18.9. The summed E-state index contributed by atoms with van der Waals surface area (Å²) in [6.45, 7) is 7.03. The molecule has 0 aliphatic carbocycles. The molecule has 3 aliphatic heterocycles. The van der Waals surface area contributed by atoms with Gasteiger partial charge in [-0.3, -0.25) is 4.90 Å². The maximum Gasteiger partial charge on any atom is 0.416 e. The highest BCUT2D eigenvalue weighted by molar-refractivity contribution is 7.99. The Morgan fingerprint density at radius 3 is 2.44 bits per heavy atom. The molecule has 0 radical (unpaired) electrons. The van der Waals surface area contributed by atoms with Crippen molar-refractivity contribution in [2.45, 2.75) is 40.8 Å². The number of rotatable bonds is 4. The van der Waals surface area contributed by atoms with Crippen LogP contribution in [0.15, 0.2) is 64.5 Å². The van der Waals surface area contributed by atoms with Crippen molar-refractivity contribution >= 4 is 29.2 Å². The van der Waals surface area contributed by atoms with Crippen LogP contribution < -0.4 is 4.90 Å². The third-order valence-electron chi connectivity index (χ3n) is 6.96. The van der Waals surface area contributed by atoms with Crippen molar-refractivity contribution in [1.82, 2.24) is 9.80 Å². The summed E-state index contributed by atoms with van der Waals surface area (Å²) in [4.78, 5) is 19.6. The van der Waals surface area contributed by atoms with E-state index in [1.54, 1.807) is 13.1 Å². The van der Waals surface area contributed by atoms with E-state index in [0.29, 0.717) is 25.1 Å². The fourth-order valence-electron chi connectivity index (χ4n) is 4.94. The lowest BCUT2D eigenvalue weighted by Gasteiger charge is -2.38. The number of nitrogens with zero attached hydrogens (tertiary/aromatic N) is 3. The fourth-order valence-corrected chi connectivity index (χ4v) is 6.01. The van der Waals surface area contributed by atoms with E-state index in [-0.39, 0.29) is 6.09 Å². The highest BCUT2D eigenvalue weighted by Crippen LogP contribution is 2.49. The molecule has 1 spiro atoms. The number of amides is 1. The number of anilines is 2. The number of alkyl halides is 3. The van der Waals surface area contributed by atoms with Gasteiger partial charge in [0.15, 0.2) is 5.60 Å². The summed E-state index contributed by atoms with van der Waals surface area (Å²) in [6.07, 6.45) is -2.54. The maximum atomic E-state index is 13.4. The Labute approximate surface area is 201 Å². The van der Waals surface area contributed by atoms with Crippen molar-refractivity contribution in [2.24, 2.45) is 0 Å². The number of halogens is 3. The third-order valence-corrected chi connectivity index (χ3v) is 8.09. The van der Waals surface area contributed by atoms with Gasteiger partial charge in [0.25, 0.3) is 0 Å². The van der Waals surface area contributed by atoms with Crippen molar-refractivity contribution < 1.29 is 22.7 Å². The fraction of sp³-hybridized carbons (Fsp3) is 0.400. The molecule has 2 aromatic rings. The minimum absolute atomic E-state index is 0.350. The number of likely N-dealkylation sites (tertiary alicyclic amines) is 1. The van der Waals surface area contributed by atoms with E-state index in [1.807, 2.05) is 29.2 Å². The molecule has 0 saturated carbocycles. The van der Waals surface area contributed by atoms with Crippen LogP contribution in [0.3, 0.4) is 0 Å². The van der Waals surface area contributed by atoms with Crippen molar-refractivity contribution in [1.29, 1.82) is 0 Å². The van der Waals surface area contributed by atoms with Crippen molar-refractivity contribution in [3.05, 3.63) is 60.3 Å². The van der Waals surface area contributed by atoms with Crippen LogP contribution >= 0.6 is 11.8 Å². The molecule has 0 aromatic heterocycles. The summed E-state index contributed by atoms with van der Waals surface area (Å²) in [5.41, 5.74) is 1.03. The highest BCUT2D eigenvalue weighted by Gasteiger charge is 2.49. The SMILES string of the molecule is C=C1N(C)C(=O)OC12CCN(CCCN1c3ccccc3Sc3ccc(C(F)(F)F)cc31)CC2. The number of ether oxygens (including phenoxy) is 1. The number of hydrogen-bond acceptors (Lipinski definition) is 5. The molecule has 2 fully saturated rings. The lowest BCUT2D eigenvalue weighted by molar-refractivity contribution is -0.137. The molecule has 1 amide bonds. The van der Waals surface area contributed by atoms with Crippen LogP contribution in [0.5, 0.6) is 0 Å². The first-order chi connectivity index (χ1) is 16.2. The molecule has 34 heavy (non-hydrogen) atoms. The second-order valence-electron chi connectivity index (χ2n) is 8.96. The normalized spacial score (nSPS) is 19.9. The minimum atomic E-state index is -4.38. The molecule has 2 saturated heterocycles. The molecular formula is C25H26F3N3O2S. The van der Waals surface area contributed by atoms with Gasteiger partial charge >= 0.3 is 12.3 Å². The van der Waals surface area contributed by atoms with Gasteiger partial charge in [-0.2, -0.15) is 13.2 Å². The maximum absolute atomic E-state index is 13.4. The Morgan fingerprint density at radius 1 is 1.06 bits per heavy atom. The second kappa shape index (κ2) is 8.53.